The quantitative estimate of drug-likeness (QED) is 0.189. The summed E-state index contributed by atoms with van der Waals surface area (Å²) < 4.78 is 178. The topological polar surface area (TPSA) is 0 Å². The van der Waals surface area contributed by atoms with Gasteiger partial charge < -0.3 is 0 Å². The molecule has 0 unspecified atom stereocenters. The zero-order valence-electron chi connectivity index (χ0n) is 9.50. The normalized spacial score (nSPS) is 21.1. The molecule has 23 heavy (non-hydrogen) atoms. The molecule has 0 aromatic rings. The van der Waals surface area contributed by atoms with Crippen LogP contribution in [0.25, 0.3) is 0 Å². The van der Waals surface area contributed by atoms with E-state index in [1.807, 2.05) is 0 Å². The maximum atomic E-state index is 9.87. The average molecular weight is 498 g/mol. The summed E-state index contributed by atoms with van der Waals surface area (Å²) in [4.78, 5) is 0. The Morgan fingerprint density at radius 1 is 0.261 bits per heavy atom. The summed E-state index contributed by atoms with van der Waals surface area (Å²) in [6.45, 7) is 0. The Labute approximate surface area is 135 Å². The van der Waals surface area contributed by atoms with Gasteiger partial charge in [0.25, 0.3) is 0 Å². The van der Waals surface area contributed by atoms with Gasteiger partial charge >= 0.3 is 135 Å². The summed E-state index contributed by atoms with van der Waals surface area (Å²) in [7, 11) is -32.0. The van der Waals surface area contributed by atoms with Crippen molar-refractivity contribution in [2.24, 2.45) is 0 Å². The van der Waals surface area contributed by atoms with E-state index in [1.54, 1.807) is 0 Å². The predicted molar refractivity (Wildman–Crippen MR) is 40.7 cm³/mol. The van der Waals surface area contributed by atoms with Crippen molar-refractivity contribution in [1.29, 1.82) is 0 Å². The minimum absolute atomic E-state index is 0. The van der Waals surface area contributed by atoms with Gasteiger partial charge in [-0.25, -0.2) is 0 Å². The molecule has 0 saturated carbocycles. The fourth-order valence-corrected chi connectivity index (χ4v) is 0. The first-order chi connectivity index (χ1) is 7.35. The number of halogens is 18. The molecular formula is F18FeLiP3. The van der Waals surface area contributed by atoms with Gasteiger partial charge in [0.05, 0.1) is 0 Å². The van der Waals surface area contributed by atoms with Gasteiger partial charge in [0.1, 0.15) is 0 Å². The fourth-order valence-electron chi connectivity index (χ4n) is 0. The molecule has 0 spiro atoms. The van der Waals surface area contributed by atoms with Crippen molar-refractivity contribution in [3.8, 4) is 0 Å². The minimum Gasteiger partial charge on any atom is 1.00 e. The molecule has 0 aliphatic carbocycles. The van der Waals surface area contributed by atoms with Crippen LogP contribution in [0.3, 0.4) is 0 Å². The van der Waals surface area contributed by atoms with Gasteiger partial charge in [0, 0.05) is 0 Å². The first-order valence-electron chi connectivity index (χ1n) is 3.04. The molecule has 23 heteroatoms. The van der Waals surface area contributed by atoms with Crippen molar-refractivity contribution < 1.29 is 111 Å². The van der Waals surface area contributed by atoms with Crippen molar-refractivity contribution in [3.05, 3.63) is 0 Å². The van der Waals surface area contributed by atoms with Gasteiger partial charge in [0.2, 0.25) is 0 Å². The SMILES string of the molecule is F[P-](F)(F)(F)(F)F.F[P-](F)(F)(F)(F)F.F[P-](F)(F)(F)(F)F.[Fe+2].[Li+]. The second-order valence-electron chi connectivity index (χ2n) is 2.87. The summed E-state index contributed by atoms with van der Waals surface area (Å²) in [5.41, 5.74) is 0. The van der Waals surface area contributed by atoms with Crippen LogP contribution in [0.2, 0.25) is 0 Å². The van der Waals surface area contributed by atoms with Gasteiger partial charge in [0.15, 0.2) is 0 Å². The van der Waals surface area contributed by atoms with Gasteiger partial charge in [-0.1, -0.05) is 0 Å². The largest absolute Gasteiger partial charge is 2.00 e. The Balaban J connectivity index is -0.0000000675. The number of rotatable bonds is 0. The number of hydrogen-bond acceptors (Lipinski definition) is 0. The van der Waals surface area contributed by atoms with Crippen molar-refractivity contribution in [2.75, 3.05) is 0 Å². The molecule has 0 aliphatic heterocycles. The van der Waals surface area contributed by atoms with Gasteiger partial charge in [-0.2, -0.15) is 0 Å². The van der Waals surface area contributed by atoms with E-state index >= 15 is 0 Å². The summed E-state index contributed by atoms with van der Waals surface area (Å²) >= 11 is 0. The molecule has 0 aromatic carbocycles. The molecule has 0 aliphatic rings. The maximum Gasteiger partial charge on any atom is 2.00 e. The monoisotopic (exact) mass is 498 g/mol. The molecule has 150 valence electrons. The summed E-state index contributed by atoms with van der Waals surface area (Å²) in [6, 6.07) is 0. The second kappa shape index (κ2) is 5.33. The molecule has 0 rings (SSSR count). The van der Waals surface area contributed by atoms with Gasteiger partial charge in [-0.3, -0.25) is 0 Å². The molecule has 0 aromatic heterocycles. The predicted octanol–water partition coefficient (Wildman–Crippen LogP) is 7.15. The summed E-state index contributed by atoms with van der Waals surface area (Å²) in [5, 5.41) is 0. The summed E-state index contributed by atoms with van der Waals surface area (Å²) in [6.07, 6.45) is 0. The third-order valence-corrected chi connectivity index (χ3v) is 0. The van der Waals surface area contributed by atoms with E-state index in [0.717, 1.165) is 0 Å². The molecule has 0 nitrogen and oxygen atoms in total. The maximum absolute atomic E-state index is 10.7. The van der Waals surface area contributed by atoms with E-state index in [2.05, 4.69) is 0 Å². The molecule has 0 heterocycles. The van der Waals surface area contributed by atoms with E-state index in [4.69, 9.17) is 0 Å². The third-order valence-electron chi connectivity index (χ3n) is 0. The molecular weight excluding hydrogens is 498 g/mol. The Bertz CT molecular complexity index is 271. The molecule has 0 N–H and O–H groups in total. The Hall–Kier alpha value is 1.15. The Kier molecular flexibility index (Phi) is 8.18. The van der Waals surface area contributed by atoms with Crippen molar-refractivity contribution in [2.45, 2.75) is 0 Å². The van der Waals surface area contributed by atoms with E-state index in [1.165, 1.54) is 0 Å². The van der Waals surface area contributed by atoms with Crippen LogP contribution in [-0.4, -0.2) is 0 Å². The standard InChI is InChI=1S/3F6P.Fe.Li/c3*1-7(2,3,4,5)6;;/q3*-1;+2;+1. The fraction of sp³-hybridized carbons (Fsp3) is 0. The van der Waals surface area contributed by atoms with E-state index < -0.39 is 23.4 Å². The zero-order chi connectivity index (χ0) is 19.2. The van der Waals surface area contributed by atoms with Crippen LogP contribution in [0.5, 0.6) is 0 Å². The molecule has 0 bridgehead atoms. The minimum atomic E-state index is -10.7. The molecule has 0 atom stereocenters. The Morgan fingerprint density at radius 2 is 0.261 bits per heavy atom. The van der Waals surface area contributed by atoms with Crippen LogP contribution in [0.15, 0.2) is 0 Å². The van der Waals surface area contributed by atoms with Gasteiger partial charge in [-0.05, 0) is 0 Å². The van der Waals surface area contributed by atoms with Crippen molar-refractivity contribution in [1.82, 2.24) is 0 Å². The van der Waals surface area contributed by atoms with Crippen LogP contribution in [0.1, 0.15) is 0 Å². The van der Waals surface area contributed by atoms with E-state index in [-0.39, 0.29) is 35.9 Å². The third kappa shape index (κ3) is 7870. The van der Waals surface area contributed by atoms with Crippen LogP contribution in [-0.2, 0) is 17.1 Å². The number of hydrogen-bond donors (Lipinski definition) is 0. The second-order valence-corrected chi connectivity index (χ2v) is 8.62. The summed E-state index contributed by atoms with van der Waals surface area (Å²) in [5.74, 6) is 0. The van der Waals surface area contributed by atoms with E-state index in [9.17, 15) is 75.5 Å². The van der Waals surface area contributed by atoms with Crippen LogP contribution >= 0.6 is 23.4 Å². The molecule has 0 radical (unpaired) electrons. The van der Waals surface area contributed by atoms with Crippen LogP contribution in [0.4, 0.5) is 75.5 Å². The molecule has 0 saturated heterocycles. The van der Waals surface area contributed by atoms with Gasteiger partial charge in [-0.15, -0.1) is 0 Å². The zero-order valence-corrected chi connectivity index (χ0v) is 13.3. The Morgan fingerprint density at radius 3 is 0.261 bits per heavy atom. The van der Waals surface area contributed by atoms with Crippen molar-refractivity contribution in [3.63, 3.8) is 0 Å². The smallest absolute Gasteiger partial charge is 1.00 e. The first-order valence-corrected chi connectivity index (χ1v) is 9.13. The molecule has 0 fully saturated rings. The molecule has 0 amide bonds. The van der Waals surface area contributed by atoms with Crippen LogP contribution in [0, 0.1) is 0 Å². The first kappa shape index (κ1) is 35.3. The van der Waals surface area contributed by atoms with Crippen LogP contribution < -0.4 is 18.9 Å². The van der Waals surface area contributed by atoms with Crippen molar-refractivity contribution >= 4 is 23.4 Å². The van der Waals surface area contributed by atoms with E-state index in [0.29, 0.717) is 0 Å². The average Bonchev–Trinajstić information content (AvgIpc) is 1.19.